The Kier molecular flexibility index (Phi) is 4.72. The van der Waals surface area contributed by atoms with Gasteiger partial charge < -0.3 is 10.4 Å². The molecule has 112 valence electrons. The predicted molar refractivity (Wildman–Crippen MR) is 83.1 cm³/mol. The second-order valence-electron chi connectivity index (χ2n) is 4.37. The van der Waals surface area contributed by atoms with Gasteiger partial charge in [0, 0.05) is 12.2 Å². The number of aromatic hydroxyl groups is 1. The zero-order chi connectivity index (χ0) is 15.5. The van der Waals surface area contributed by atoms with Crippen molar-refractivity contribution in [1.29, 1.82) is 0 Å². The first-order valence-electron chi connectivity index (χ1n) is 6.17. The van der Waals surface area contributed by atoms with Crippen LogP contribution in [-0.2, 0) is 16.6 Å². The molecule has 5 nitrogen and oxygen atoms in total. The number of phenolic OH excluding ortho intramolecular Hbond substituents is 1. The molecule has 0 aliphatic rings. The Balaban J connectivity index is 2.13. The largest absolute Gasteiger partial charge is 0.506 e. The van der Waals surface area contributed by atoms with E-state index >= 15 is 0 Å². The molecule has 7 heteroatoms. The van der Waals surface area contributed by atoms with Gasteiger partial charge in [0.15, 0.2) is 0 Å². The van der Waals surface area contributed by atoms with Crippen LogP contribution in [0.2, 0.25) is 5.02 Å². The van der Waals surface area contributed by atoms with Gasteiger partial charge >= 0.3 is 0 Å². The van der Waals surface area contributed by atoms with Crippen LogP contribution in [0.5, 0.6) is 5.75 Å². The van der Waals surface area contributed by atoms with Crippen molar-refractivity contribution in [2.24, 2.45) is 0 Å². The van der Waals surface area contributed by atoms with Gasteiger partial charge in [-0.2, -0.15) is 0 Å². The van der Waals surface area contributed by atoms with Crippen molar-refractivity contribution in [1.82, 2.24) is 4.72 Å². The van der Waals surface area contributed by atoms with Crippen molar-refractivity contribution in [3.8, 4) is 5.75 Å². The lowest BCUT2D eigenvalue weighted by Crippen LogP contribution is -2.18. The Bertz CT molecular complexity index is 748. The summed E-state index contributed by atoms with van der Waals surface area (Å²) in [5, 5.41) is 12.7. The molecule has 0 spiro atoms. The topological polar surface area (TPSA) is 78.4 Å². The highest BCUT2D eigenvalue weighted by Gasteiger charge is 2.11. The fourth-order valence-electron chi connectivity index (χ4n) is 1.76. The fourth-order valence-corrected chi connectivity index (χ4v) is 2.73. The number of phenols is 1. The lowest BCUT2D eigenvalue weighted by Gasteiger charge is -2.09. The van der Waals surface area contributed by atoms with Gasteiger partial charge in [-0.05, 0) is 42.9 Å². The van der Waals surface area contributed by atoms with Crippen LogP contribution in [0.4, 0.5) is 5.69 Å². The van der Waals surface area contributed by atoms with Gasteiger partial charge in [0.2, 0.25) is 10.0 Å². The van der Waals surface area contributed by atoms with E-state index in [1.165, 1.54) is 19.2 Å². The lowest BCUT2D eigenvalue weighted by atomic mass is 10.2. The Morgan fingerprint density at radius 3 is 2.62 bits per heavy atom. The van der Waals surface area contributed by atoms with E-state index in [-0.39, 0.29) is 15.7 Å². The van der Waals surface area contributed by atoms with Gasteiger partial charge in [-0.25, -0.2) is 13.1 Å². The van der Waals surface area contributed by atoms with Gasteiger partial charge in [-0.1, -0.05) is 23.7 Å². The van der Waals surface area contributed by atoms with Gasteiger partial charge in [0.1, 0.15) is 5.75 Å². The van der Waals surface area contributed by atoms with Gasteiger partial charge in [-0.15, -0.1) is 0 Å². The molecule has 0 aliphatic heterocycles. The van der Waals surface area contributed by atoms with E-state index < -0.39 is 10.0 Å². The Morgan fingerprint density at radius 1 is 1.19 bits per heavy atom. The van der Waals surface area contributed by atoms with Crippen molar-refractivity contribution < 1.29 is 13.5 Å². The Morgan fingerprint density at radius 2 is 1.95 bits per heavy atom. The van der Waals surface area contributed by atoms with E-state index in [0.717, 1.165) is 5.56 Å². The van der Waals surface area contributed by atoms with Crippen molar-refractivity contribution in [3.63, 3.8) is 0 Å². The summed E-state index contributed by atoms with van der Waals surface area (Å²) in [5.74, 6) is 0.0301. The third-order valence-corrected chi connectivity index (χ3v) is 4.64. The van der Waals surface area contributed by atoms with Crippen LogP contribution >= 0.6 is 11.6 Å². The number of rotatable bonds is 5. The summed E-state index contributed by atoms with van der Waals surface area (Å²) >= 11 is 5.83. The van der Waals surface area contributed by atoms with E-state index in [1.807, 2.05) is 0 Å². The van der Waals surface area contributed by atoms with Crippen molar-refractivity contribution in [2.45, 2.75) is 11.4 Å². The van der Waals surface area contributed by atoms with E-state index in [0.29, 0.717) is 12.2 Å². The predicted octanol–water partition coefficient (Wildman–Crippen LogP) is 2.57. The number of sulfonamides is 1. The number of halogens is 1. The molecule has 21 heavy (non-hydrogen) atoms. The third kappa shape index (κ3) is 3.87. The molecule has 2 aromatic carbocycles. The van der Waals surface area contributed by atoms with Crippen molar-refractivity contribution in [3.05, 3.63) is 53.1 Å². The molecular formula is C14H15ClN2O3S. The molecule has 0 aliphatic carbocycles. The highest BCUT2D eigenvalue weighted by molar-refractivity contribution is 7.89. The third-order valence-electron chi connectivity index (χ3n) is 2.92. The smallest absolute Gasteiger partial charge is 0.240 e. The second kappa shape index (κ2) is 6.34. The summed E-state index contributed by atoms with van der Waals surface area (Å²) in [4.78, 5) is 0.193. The summed E-state index contributed by atoms with van der Waals surface area (Å²) in [6, 6.07) is 11.4. The fraction of sp³-hybridized carbons (Fsp3) is 0.143. The van der Waals surface area contributed by atoms with Crippen LogP contribution in [0.3, 0.4) is 0 Å². The Labute approximate surface area is 128 Å². The molecule has 0 saturated heterocycles. The monoisotopic (exact) mass is 326 g/mol. The van der Waals surface area contributed by atoms with Crippen molar-refractivity contribution >= 4 is 27.3 Å². The maximum Gasteiger partial charge on any atom is 0.240 e. The standard InChI is InChI=1S/C14H15ClN2O3S/c1-16-21(19,20)12-4-2-3-11(8-12)17-9-10-5-6-14(18)13(15)7-10/h2-8,16-18H,9H2,1H3. The summed E-state index contributed by atoms with van der Waals surface area (Å²) in [6.45, 7) is 0.461. The quantitative estimate of drug-likeness (QED) is 0.789. The average Bonchev–Trinajstić information content (AvgIpc) is 2.49. The van der Waals surface area contributed by atoms with Gasteiger partial charge in [-0.3, -0.25) is 0 Å². The summed E-state index contributed by atoms with van der Waals surface area (Å²) in [7, 11) is -2.09. The highest BCUT2D eigenvalue weighted by atomic mass is 35.5. The molecule has 0 heterocycles. The zero-order valence-electron chi connectivity index (χ0n) is 11.3. The molecule has 0 radical (unpaired) electrons. The number of anilines is 1. The zero-order valence-corrected chi connectivity index (χ0v) is 12.9. The van der Waals surface area contributed by atoms with Crippen LogP contribution in [0.15, 0.2) is 47.4 Å². The molecule has 0 fully saturated rings. The van der Waals surface area contributed by atoms with Crippen LogP contribution < -0.4 is 10.0 Å². The van der Waals surface area contributed by atoms with E-state index in [1.54, 1.807) is 30.3 Å². The SMILES string of the molecule is CNS(=O)(=O)c1cccc(NCc2ccc(O)c(Cl)c2)c1. The minimum Gasteiger partial charge on any atom is -0.506 e. The Hall–Kier alpha value is -1.76. The second-order valence-corrected chi connectivity index (χ2v) is 6.67. The molecule has 0 unspecified atom stereocenters. The molecule has 2 rings (SSSR count). The number of benzene rings is 2. The van der Waals surface area contributed by atoms with Crippen LogP contribution in [-0.4, -0.2) is 20.6 Å². The van der Waals surface area contributed by atoms with Crippen LogP contribution in [0, 0.1) is 0 Å². The first-order chi connectivity index (χ1) is 9.92. The molecule has 3 N–H and O–H groups in total. The highest BCUT2D eigenvalue weighted by Crippen LogP contribution is 2.24. The van der Waals surface area contributed by atoms with E-state index in [2.05, 4.69) is 10.0 Å². The van der Waals surface area contributed by atoms with Crippen LogP contribution in [0.1, 0.15) is 5.56 Å². The number of nitrogens with one attached hydrogen (secondary N) is 2. The summed E-state index contributed by atoms with van der Waals surface area (Å²) in [6.07, 6.45) is 0. The van der Waals surface area contributed by atoms with Gasteiger partial charge in [0.05, 0.1) is 9.92 Å². The maximum absolute atomic E-state index is 11.7. The van der Waals surface area contributed by atoms with E-state index in [9.17, 15) is 13.5 Å². The van der Waals surface area contributed by atoms with Crippen molar-refractivity contribution in [2.75, 3.05) is 12.4 Å². The molecule has 0 saturated carbocycles. The van der Waals surface area contributed by atoms with Gasteiger partial charge in [0.25, 0.3) is 0 Å². The van der Waals surface area contributed by atoms with Crippen LogP contribution in [0.25, 0.3) is 0 Å². The first-order valence-corrected chi connectivity index (χ1v) is 8.03. The summed E-state index contributed by atoms with van der Waals surface area (Å²) < 4.78 is 25.7. The maximum atomic E-state index is 11.7. The minimum absolute atomic E-state index is 0.0301. The molecule has 2 aromatic rings. The average molecular weight is 327 g/mol. The normalized spacial score (nSPS) is 11.3. The minimum atomic E-state index is -3.46. The molecule has 0 aromatic heterocycles. The molecule has 0 atom stereocenters. The lowest BCUT2D eigenvalue weighted by molar-refractivity contribution is 0.475. The molecule has 0 amide bonds. The molecular weight excluding hydrogens is 312 g/mol. The molecule has 0 bridgehead atoms. The first kappa shape index (κ1) is 15.6. The number of hydrogen-bond acceptors (Lipinski definition) is 4. The number of hydrogen-bond donors (Lipinski definition) is 3. The summed E-state index contributed by atoms with van der Waals surface area (Å²) in [5.41, 5.74) is 1.55. The van der Waals surface area contributed by atoms with E-state index in [4.69, 9.17) is 11.6 Å².